The minimum Gasteiger partial charge on any atom is -0.288 e. The minimum absolute atomic E-state index is 0.0187. The third kappa shape index (κ3) is 3.25. The molecule has 2 aromatic rings. The van der Waals surface area contributed by atoms with Crippen molar-refractivity contribution in [1.29, 1.82) is 0 Å². The number of hydrogen-bond donors (Lipinski definition) is 0. The van der Waals surface area contributed by atoms with Gasteiger partial charge >= 0.3 is 0 Å². The molecule has 0 aliphatic carbocycles. The lowest BCUT2D eigenvalue weighted by molar-refractivity contribution is 0.103. The van der Waals surface area contributed by atoms with Crippen LogP contribution in [0.15, 0.2) is 24.3 Å². The minimum atomic E-state index is -1.11. The molecule has 116 valence electrons. The van der Waals surface area contributed by atoms with Gasteiger partial charge in [-0.25, -0.2) is 17.6 Å². The standard InChI is InChI=1S/C15H8Br2F4O/c16-5-7-1-9(18)3-11(13(7)20)15(22)12-4-10(19)2-8(6-17)14(12)21/h1-4H,5-6H2. The zero-order valence-electron chi connectivity index (χ0n) is 10.9. The Labute approximate surface area is 140 Å². The molecule has 1 nitrogen and oxygen atoms in total. The molecule has 0 aromatic heterocycles. The maximum Gasteiger partial charge on any atom is 0.199 e. The lowest BCUT2D eigenvalue weighted by atomic mass is 9.98. The van der Waals surface area contributed by atoms with Gasteiger partial charge in [-0.15, -0.1) is 0 Å². The first-order chi connectivity index (χ1) is 10.4. The van der Waals surface area contributed by atoms with Gasteiger partial charge < -0.3 is 0 Å². The van der Waals surface area contributed by atoms with Gasteiger partial charge in [0.15, 0.2) is 5.78 Å². The SMILES string of the molecule is O=C(c1cc(F)cc(CBr)c1F)c1cc(F)cc(CBr)c1F. The first kappa shape index (κ1) is 17.1. The number of benzene rings is 2. The maximum absolute atomic E-state index is 14.2. The molecule has 22 heavy (non-hydrogen) atoms. The van der Waals surface area contributed by atoms with Crippen LogP contribution in [0.5, 0.6) is 0 Å². The second kappa shape index (κ2) is 6.91. The number of carbonyl (C=O) groups excluding carboxylic acids is 1. The molecule has 0 heterocycles. The third-order valence-electron chi connectivity index (χ3n) is 3.00. The molecular formula is C15H8Br2F4O. The van der Waals surface area contributed by atoms with Gasteiger partial charge in [-0.2, -0.15) is 0 Å². The van der Waals surface area contributed by atoms with Gasteiger partial charge in [-0.1, -0.05) is 31.9 Å². The molecule has 2 aromatic carbocycles. The summed E-state index contributed by atoms with van der Waals surface area (Å²) in [5, 5.41) is -0.0374. The van der Waals surface area contributed by atoms with Crippen LogP contribution in [0.25, 0.3) is 0 Å². The van der Waals surface area contributed by atoms with E-state index in [9.17, 15) is 22.4 Å². The number of hydrogen-bond acceptors (Lipinski definition) is 1. The molecule has 0 aliphatic rings. The van der Waals surface area contributed by atoms with Crippen molar-refractivity contribution in [2.75, 3.05) is 0 Å². The van der Waals surface area contributed by atoms with Crippen LogP contribution < -0.4 is 0 Å². The summed E-state index contributed by atoms with van der Waals surface area (Å²) in [5.74, 6) is -4.72. The summed E-state index contributed by atoms with van der Waals surface area (Å²) in [4.78, 5) is 12.3. The average Bonchev–Trinajstić information content (AvgIpc) is 2.50. The van der Waals surface area contributed by atoms with E-state index < -0.39 is 40.2 Å². The van der Waals surface area contributed by atoms with Gasteiger partial charge in [0.25, 0.3) is 0 Å². The van der Waals surface area contributed by atoms with Crippen LogP contribution in [-0.4, -0.2) is 5.78 Å². The fourth-order valence-electron chi connectivity index (χ4n) is 1.96. The van der Waals surface area contributed by atoms with Crippen LogP contribution in [0.1, 0.15) is 27.0 Å². The highest BCUT2D eigenvalue weighted by Gasteiger charge is 2.23. The van der Waals surface area contributed by atoms with E-state index in [0.717, 1.165) is 12.1 Å². The van der Waals surface area contributed by atoms with Crippen molar-refractivity contribution in [1.82, 2.24) is 0 Å². The van der Waals surface area contributed by atoms with Crippen LogP contribution in [-0.2, 0) is 10.7 Å². The van der Waals surface area contributed by atoms with E-state index in [1.807, 2.05) is 0 Å². The van der Waals surface area contributed by atoms with Crippen molar-refractivity contribution < 1.29 is 22.4 Å². The van der Waals surface area contributed by atoms with Gasteiger partial charge in [0.1, 0.15) is 23.3 Å². The van der Waals surface area contributed by atoms with E-state index in [-0.39, 0.29) is 21.8 Å². The Balaban J connectivity index is 2.63. The molecule has 0 fully saturated rings. The summed E-state index contributed by atoms with van der Waals surface area (Å²) < 4.78 is 55.3. The highest BCUT2D eigenvalue weighted by atomic mass is 79.9. The third-order valence-corrected chi connectivity index (χ3v) is 4.21. The molecule has 0 radical (unpaired) electrons. The van der Waals surface area contributed by atoms with Crippen LogP contribution in [0, 0.1) is 23.3 Å². The quantitative estimate of drug-likeness (QED) is 0.360. The van der Waals surface area contributed by atoms with Gasteiger partial charge in [0.2, 0.25) is 0 Å². The van der Waals surface area contributed by atoms with E-state index in [2.05, 4.69) is 31.9 Å². The largest absolute Gasteiger partial charge is 0.288 e. The molecule has 0 saturated carbocycles. The van der Waals surface area contributed by atoms with Crippen LogP contribution >= 0.6 is 31.9 Å². The highest BCUT2D eigenvalue weighted by Crippen LogP contribution is 2.25. The van der Waals surface area contributed by atoms with Gasteiger partial charge in [0.05, 0.1) is 11.1 Å². The summed E-state index contributed by atoms with van der Waals surface area (Å²) in [6.45, 7) is 0. The molecule has 0 spiro atoms. The van der Waals surface area contributed by atoms with Crippen LogP contribution in [0.3, 0.4) is 0 Å². The van der Waals surface area contributed by atoms with Crippen molar-refractivity contribution >= 4 is 37.6 Å². The van der Waals surface area contributed by atoms with Gasteiger partial charge in [-0.05, 0) is 24.3 Å². The molecule has 0 saturated heterocycles. The monoisotopic (exact) mass is 438 g/mol. The number of alkyl halides is 2. The smallest absolute Gasteiger partial charge is 0.199 e. The Morgan fingerprint density at radius 1 is 0.773 bits per heavy atom. The number of carbonyl (C=O) groups is 1. The molecule has 0 aliphatic heterocycles. The van der Waals surface area contributed by atoms with Crippen molar-refractivity contribution in [2.45, 2.75) is 10.7 Å². The number of rotatable bonds is 4. The molecule has 0 unspecified atom stereocenters. The van der Waals surface area contributed by atoms with E-state index in [1.165, 1.54) is 0 Å². The Morgan fingerprint density at radius 2 is 1.14 bits per heavy atom. The summed E-state index contributed by atoms with van der Waals surface area (Å²) in [7, 11) is 0. The number of ketones is 1. The summed E-state index contributed by atoms with van der Waals surface area (Å²) in [5.41, 5.74) is -1.44. The van der Waals surface area contributed by atoms with E-state index in [0.29, 0.717) is 12.1 Å². The Kier molecular flexibility index (Phi) is 5.39. The first-order valence-electron chi connectivity index (χ1n) is 6.01. The lowest BCUT2D eigenvalue weighted by Gasteiger charge is -2.09. The predicted molar refractivity (Wildman–Crippen MR) is 81.4 cm³/mol. The lowest BCUT2D eigenvalue weighted by Crippen LogP contribution is -2.11. The van der Waals surface area contributed by atoms with Crippen molar-refractivity contribution in [3.63, 3.8) is 0 Å². The van der Waals surface area contributed by atoms with Crippen molar-refractivity contribution in [3.8, 4) is 0 Å². The first-order valence-corrected chi connectivity index (χ1v) is 8.25. The van der Waals surface area contributed by atoms with E-state index in [4.69, 9.17) is 0 Å². The molecule has 0 amide bonds. The second-order valence-corrected chi connectivity index (χ2v) is 5.57. The summed E-state index contributed by atoms with van der Waals surface area (Å²) >= 11 is 5.95. The zero-order valence-corrected chi connectivity index (χ0v) is 14.1. The van der Waals surface area contributed by atoms with Crippen LogP contribution in [0.4, 0.5) is 17.6 Å². The average molecular weight is 440 g/mol. The fraction of sp³-hybridized carbons (Fsp3) is 0.133. The summed E-state index contributed by atoms with van der Waals surface area (Å²) in [6, 6.07) is 3.18. The Morgan fingerprint density at radius 3 is 1.45 bits per heavy atom. The summed E-state index contributed by atoms with van der Waals surface area (Å²) in [6.07, 6.45) is 0. The second-order valence-electron chi connectivity index (χ2n) is 4.45. The molecule has 0 bridgehead atoms. The predicted octanol–water partition coefficient (Wildman–Crippen LogP) is 5.26. The van der Waals surface area contributed by atoms with Crippen molar-refractivity contribution in [2.24, 2.45) is 0 Å². The Hall–Kier alpha value is -1.21. The maximum atomic E-state index is 14.2. The highest BCUT2D eigenvalue weighted by molar-refractivity contribution is 9.08. The Bertz CT molecular complexity index is 685. The molecule has 7 heteroatoms. The van der Waals surface area contributed by atoms with E-state index in [1.54, 1.807) is 0 Å². The fourth-order valence-corrected chi connectivity index (χ4v) is 2.78. The van der Waals surface area contributed by atoms with Crippen molar-refractivity contribution in [3.05, 3.63) is 69.8 Å². The molecule has 0 N–H and O–H groups in total. The zero-order chi connectivity index (χ0) is 16.4. The molecular weight excluding hydrogens is 432 g/mol. The van der Waals surface area contributed by atoms with Gasteiger partial charge in [0, 0.05) is 21.8 Å². The van der Waals surface area contributed by atoms with Crippen LogP contribution in [0.2, 0.25) is 0 Å². The van der Waals surface area contributed by atoms with E-state index >= 15 is 0 Å². The van der Waals surface area contributed by atoms with Gasteiger partial charge in [-0.3, -0.25) is 4.79 Å². The number of halogens is 6. The molecule has 0 atom stereocenters. The topological polar surface area (TPSA) is 17.1 Å². The normalized spacial score (nSPS) is 10.8. The molecule has 2 rings (SSSR count).